The van der Waals surface area contributed by atoms with Gasteiger partial charge in [0.2, 0.25) is 0 Å². The van der Waals surface area contributed by atoms with E-state index in [9.17, 15) is 19.8 Å². The van der Waals surface area contributed by atoms with Crippen LogP contribution < -0.4 is 0 Å². The molecule has 5 nitrogen and oxygen atoms in total. The van der Waals surface area contributed by atoms with Gasteiger partial charge in [-0.2, -0.15) is 0 Å². The number of ketones is 1. The summed E-state index contributed by atoms with van der Waals surface area (Å²) in [6, 6.07) is 0. The number of carbonyl (C=O) groups excluding carboxylic acids is 2. The normalized spacial score (nSPS) is 24.0. The summed E-state index contributed by atoms with van der Waals surface area (Å²) in [6.45, 7) is 1.95. The summed E-state index contributed by atoms with van der Waals surface area (Å²) in [6.07, 6.45) is 9.52. The number of unbranched alkanes of at least 4 members (excludes halogenated alkanes) is 1. The first kappa shape index (κ1) is 22.1. The first-order chi connectivity index (χ1) is 12.5. The number of carbonyl (C=O) groups is 2. The SMILES string of the molecule is CCC#CCC(O)/C=C/[C@H]1[C@H](O)CC(=O)[C@@H]1C/C=C\CCCC(=O)OC. The van der Waals surface area contributed by atoms with Gasteiger partial charge in [-0.25, -0.2) is 0 Å². The Kier molecular flexibility index (Phi) is 10.6. The fraction of sp³-hybridized carbons (Fsp3) is 0.619. The fourth-order valence-corrected chi connectivity index (χ4v) is 2.98. The van der Waals surface area contributed by atoms with E-state index in [0.717, 1.165) is 12.8 Å². The van der Waals surface area contributed by atoms with Crippen molar-refractivity contribution in [2.24, 2.45) is 11.8 Å². The second kappa shape index (κ2) is 12.5. The molecule has 0 radical (unpaired) electrons. The maximum absolute atomic E-state index is 12.1. The van der Waals surface area contributed by atoms with Crippen molar-refractivity contribution in [2.45, 2.75) is 64.1 Å². The van der Waals surface area contributed by atoms with E-state index in [1.54, 1.807) is 12.2 Å². The van der Waals surface area contributed by atoms with Gasteiger partial charge in [0.15, 0.2) is 0 Å². The van der Waals surface area contributed by atoms with Crippen molar-refractivity contribution in [3.05, 3.63) is 24.3 Å². The molecule has 4 atom stereocenters. The summed E-state index contributed by atoms with van der Waals surface area (Å²) >= 11 is 0. The summed E-state index contributed by atoms with van der Waals surface area (Å²) in [5.74, 6) is 5.06. The highest BCUT2D eigenvalue weighted by Gasteiger charge is 2.39. The Balaban J connectivity index is 2.51. The second-order valence-electron chi connectivity index (χ2n) is 6.46. The lowest BCUT2D eigenvalue weighted by molar-refractivity contribution is -0.140. The molecule has 1 rings (SSSR count). The molecule has 0 aromatic carbocycles. The quantitative estimate of drug-likeness (QED) is 0.285. The van der Waals surface area contributed by atoms with Crippen LogP contribution in [0.5, 0.6) is 0 Å². The van der Waals surface area contributed by atoms with Gasteiger partial charge in [-0.05, 0) is 19.3 Å². The number of rotatable bonds is 9. The van der Waals surface area contributed by atoms with E-state index in [-0.39, 0.29) is 30.0 Å². The van der Waals surface area contributed by atoms with Crippen LogP contribution >= 0.6 is 0 Å². The maximum atomic E-state index is 12.1. The zero-order valence-corrected chi connectivity index (χ0v) is 15.7. The third kappa shape index (κ3) is 7.99. The van der Waals surface area contributed by atoms with Crippen LogP contribution in [-0.4, -0.2) is 41.3 Å². The zero-order valence-electron chi connectivity index (χ0n) is 15.7. The zero-order chi connectivity index (χ0) is 19.4. The smallest absolute Gasteiger partial charge is 0.305 e. The lowest BCUT2D eigenvalue weighted by Gasteiger charge is -2.16. The summed E-state index contributed by atoms with van der Waals surface area (Å²) < 4.78 is 4.58. The van der Waals surface area contributed by atoms with Crippen LogP contribution in [0.4, 0.5) is 0 Å². The van der Waals surface area contributed by atoms with E-state index >= 15 is 0 Å². The number of esters is 1. The largest absolute Gasteiger partial charge is 0.469 e. The first-order valence-corrected chi connectivity index (χ1v) is 9.24. The first-order valence-electron chi connectivity index (χ1n) is 9.24. The highest BCUT2D eigenvalue weighted by molar-refractivity contribution is 5.84. The van der Waals surface area contributed by atoms with Crippen molar-refractivity contribution in [1.29, 1.82) is 0 Å². The van der Waals surface area contributed by atoms with Crippen LogP contribution in [0.3, 0.4) is 0 Å². The molecule has 144 valence electrons. The molecule has 26 heavy (non-hydrogen) atoms. The van der Waals surface area contributed by atoms with Gasteiger partial charge in [0, 0.05) is 37.5 Å². The van der Waals surface area contributed by atoms with Gasteiger partial charge in [-0.1, -0.05) is 31.2 Å². The molecular weight excluding hydrogens is 332 g/mol. The Labute approximate surface area is 156 Å². The van der Waals surface area contributed by atoms with Crippen molar-refractivity contribution in [3.63, 3.8) is 0 Å². The monoisotopic (exact) mass is 362 g/mol. The van der Waals surface area contributed by atoms with E-state index in [1.807, 2.05) is 19.1 Å². The lowest BCUT2D eigenvalue weighted by atomic mass is 9.90. The van der Waals surface area contributed by atoms with Crippen molar-refractivity contribution in [2.75, 3.05) is 7.11 Å². The molecule has 0 amide bonds. The van der Waals surface area contributed by atoms with Gasteiger partial charge in [0.1, 0.15) is 5.78 Å². The number of hydrogen-bond acceptors (Lipinski definition) is 5. The van der Waals surface area contributed by atoms with Crippen LogP contribution in [0.15, 0.2) is 24.3 Å². The van der Waals surface area contributed by atoms with Gasteiger partial charge < -0.3 is 14.9 Å². The van der Waals surface area contributed by atoms with Gasteiger partial charge in [-0.3, -0.25) is 9.59 Å². The molecule has 0 heterocycles. The van der Waals surface area contributed by atoms with E-state index in [1.165, 1.54) is 7.11 Å². The Morgan fingerprint density at radius 3 is 2.85 bits per heavy atom. The Hall–Kier alpha value is -1.90. The molecule has 1 fully saturated rings. The van der Waals surface area contributed by atoms with Gasteiger partial charge in [-0.15, -0.1) is 11.8 Å². The lowest BCUT2D eigenvalue weighted by Crippen LogP contribution is -2.18. The minimum atomic E-state index is -0.703. The van der Waals surface area contributed by atoms with Crippen LogP contribution in [0.2, 0.25) is 0 Å². The van der Waals surface area contributed by atoms with Crippen molar-refractivity contribution < 1.29 is 24.5 Å². The molecular formula is C21H30O5. The number of ether oxygens (including phenoxy) is 1. The van der Waals surface area contributed by atoms with Gasteiger partial charge in [0.05, 0.1) is 19.3 Å². The highest BCUT2D eigenvalue weighted by atomic mass is 16.5. The number of aliphatic hydroxyl groups excluding tert-OH is 2. The Bertz CT molecular complexity index is 567. The van der Waals surface area contributed by atoms with E-state index in [0.29, 0.717) is 25.7 Å². The number of hydrogen-bond donors (Lipinski definition) is 2. The number of methoxy groups -OCH3 is 1. The Morgan fingerprint density at radius 1 is 1.38 bits per heavy atom. The standard InChI is InChI=1S/C21H30O5/c1-3-4-7-10-16(22)13-14-18-17(19(23)15-20(18)24)11-8-5-6-9-12-21(25)26-2/h5,8,13-14,16-18,20,22,24H,3,6,9-12,15H2,1-2H3/b8-5-,14-13+/t16?,17-,18-,20-/m1/s1. The maximum Gasteiger partial charge on any atom is 0.305 e. The van der Waals surface area contributed by atoms with Crippen LogP contribution in [-0.2, 0) is 14.3 Å². The molecule has 1 unspecified atom stereocenters. The molecule has 0 aliphatic heterocycles. The molecule has 1 saturated carbocycles. The Morgan fingerprint density at radius 2 is 2.15 bits per heavy atom. The number of aliphatic hydroxyl groups is 2. The number of Topliss-reactive ketones (excluding diaryl/α,β-unsaturated/α-hetero) is 1. The summed E-state index contributed by atoms with van der Waals surface area (Å²) in [4.78, 5) is 23.2. The van der Waals surface area contributed by atoms with Crippen molar-refractivity contribution in [3.8, 4) is 11.8 Å². The van der Waals surface area contributed by atoms with Crippen molar-refractivity contribution in [1.82, 2.24) is 0 Å². The van der Waals surface area contributed by atoms with Crippen molar-refractivity contribution >= 4 is 11.8 Å². The third-order valence-corrected chi connectivity index (χ3v) is 4.44. The molecule has 1 aliphatic carbocycles. The molecule has 0 aromatic heterocycles. The minimum Gasteiger partial charge on any atom is -0.469 e. The minimum absolute atomic E-state index is 0.0478. The molecule has 0 saturated heterocycles. The average Bonchev–Trinajstić information content (AvgIpc) is 2.89. The summed E-state index contributed by atoms with van der Waals surface area (Å²) in [5.41, 5.74) is 0. The summed E-state index contributed by atoms with van der Waals surface area (Å²) in [5, 5.41) is 20.0. The molecule has 0 spiro atoms. The fourth-order valence-electron chi connectivity index (χ4n) is 2.98. The predicted molar refractivity (Wildman–Crippen MR) is 100 cm³/mol. The average molecular weight is 362 g/mol. The third-order valence-electron chi connectivity index (χ3n) is 4.44. The van der Waals surface area contributed by atoms with Crippen LogP contribution in [0.25, 0.3) is 0 Å². The van der Waals surface area contributed by atoms with Crippen LogP contribution in [0.1, 0.15) is 51.9 Å². The predicted octanol–water partition coefficient (Wildman–Crippen LogP) is 2.56. The van der Waals surface area contributed by atoms with E-state index in [4.69, 9.17) is 0 Å². The summed E-state index contributed by atoms with van der Waals surface area (Å²) in [7, 11) is 1.37. The highest BCUT2D eigenvalue weighted by Crippen LogP contribution is 2.33. The topological polar surface area (TPSA) is 83.8 Å². The molecule has 5 heteroatoms. The molecule has 2 N–H and O–H groups in total. The molecule has 1 aliphatic rings. The second-order valence-corrected chi connectivity index (χ2v) is 6.46. The van der Waals surface area contributed by atoms with Gasteiger partial charge >= 0.3 is 5.97 Å². The molecule has 0 aromatic rings. The van der Waals surface area contributed by atoms with E-state index < -0.39 is 12.2 Å². The van der Waals surface area contributed by atoms with Crippen LogP contribution in [0, 0.1) is 23.7 Å². The molecule has 0 bridgehead atoms. The van der Waals surface area contributed by atoms with E-state index in [2.05, 4.69) is 16.6 Å². The van der Waals surface area contributed by atoms with Gasteiger partial charge in [0.25, 0.3) is 0 Å². The number of allylic oxidation sites excluding steroid dienone is 2.